The molecule has 154 valence electrons. The first-order chi connectivity index (χ1) is 13.0. The quantitative estimate of drug-likeness (QED) is 0.390. The lowest BCUT2D eigenvalue weighted by Crippen LogP contribution is -2.17. The lowest BCUT2D eigenvalue weighted by Gasteiger charge is -2.31. The zero-order valence-electron chi connectivity index (χ0n) is 16.2. The Labute approximate surface area is 167 Å². The molecule has 1 aromatic rings. The Balaban J connectivity index is 2.72. The van der Waals surface area contributed by atoms with Crippen molar-refractivity contribution in [2.75, 3.05) is 6.26 Å². The summed E-state index contributed by atoms with van der Waals surface area (Å²) in [6, 6.07) is 3.44. The average Bonchev–Trinajstić information content (AvgIpc) is 2.63. The minimum absolute atomic E-state index is 0.0193. The van der Waals surface area contributed by atoms with Crippen molar-refractivity contribution < 1.29 is 23.4 Å². The summed E-state index contributed by atoms with van der Waals surface area (Å²) >= 11 is 1.30. The van der Waals surface area contributed by atoms with Gasteiger partial charge in [-0.3, -0.25) is 0 Å². The van der Waals surface area contributed by atoms with E-state index in [1.165, 1.54) is 17.8 Å². The molecular weight excluding hydrogens is 387 g/mol. The molecule has 4 N–H and O–H groups in total. The maximum Gasteiger partial charge on any atom is 0.416 e. The Bertz CT molecular complexity index is 823. The van der Waals surface area contributed by atoms with Crippen molar-refractivity contribution in [2.24, 2.45) is 11.1 Å². The van der Waals surface area contributed by atoms with Gasteiger partial charge in [-0.1, -0.05) is 26.0 Å². The van der Waals surface area contributed by atoms with Crippen LogP contribution in [0.4, 0.5) is 13.2 Å². The van der Waals surface area contributed by atoms with Gasteiger partial charge in [0, 0.05) is 17.0 Å². The van der Waals surface area contributed by atoms with Gasteiger partial charge in [-0.2, -0.15) is 13.2 Å². The third-order valence-corrected chi connectivity index (χ3v) is 5.74. The fraction of sp³-hybridized carbons (Fsp3) is 0.429. The molecule has 0 radical (unpaired) electrons. The van der Waals surface area contributed by atoms with E-state index in [2.05, 4.69) is 13.8 Å². The van der Waals surface area contributed by atoms with Gasteiger partial charge in [0.2, 0.25) is 0 Å². The highest BCUT2D eigenvalue weighted by Crippen LogP contribution is 2.44. The molecule has 0 aliphatic heterocycles. The molecule has 7 heteroatoms. The van der Waals surface area contributed by atoms with Gasteiger partial charge in [0.15, 0.2) is 5.76 Å². The highest BCUT2D eigenvalue weighted by Gasteiger charge is 2.32. The monoisotopic (exact) mass is 413 g/mol. The first kappa shape index (κ1) is 22.4. The number of halogens is 3. The fourth-order valence-corrected chi connectivity index (χ4v) is 4.36. The van der Waals surface area contributed by atoms with Gasteiger partial charge in [0.25, 0.3) is 0 Å². The zero-order valence-corrected chi connectivity index (χ0v) is 17.0. The van der Waals surface area contributed by atoms with Gasteiger partial charge in [0.05, 0.1) is 5.56 Å². The second-order valence-corrected chi connectivity index (χ2v) is 8.42. The van der Waals surface area contributed by atoms with E-state index in [9.17, 15) is 23.4 Å². The molecule has 3 nitrogen and oxygen atoms in total. The largest absolute Gasteiger partial charge is 0.512 e. The summed E-state index contributed by atoms with van der Waals surface area (Å²) < 4.78 is 39.3. The van der Waals surface area contributed by atoms with Gasteiger partial charge in [-0.25, -0.2) is 0 Å². The van der Waals surface area contributed by atoms with Crippen molar-refractivity contribution >= 4 is 16.7 Å². The van der Waals surface area contributed by atoms with Crippen molar-refractivity contribution in [1.29, 1.82) is 0 Å². The molecule has 28 heavy (non-hydrogen) atoms. The van der Waals surface area contributed by atoms with E-state index in [-0.39, 0.29) is 17.7 Å². The minimum atomic E-state index is -4.46. The summed E-state index contributed by atoms with van der Waals surface area (Å²) in [5.74, 6) is -0.309. The van der Waals surface area contributed by atoms with Crippen LogP contribution in [0.5, 0.6) is 0 Å². The summed E-state index contributed by atoms with van der Waals surface area (Å²) in [6.07, 6.45) is 2.47. The number of aliphatic hydroxyl groups is 2. The number of thioether (sulfide) groups is 1. The Morgan fingerprint density at radius 2 is 2.00 bits per heavy atom. The fourth-order valence-electron chi connectivity index (χ4n) is 3.50. The van der Waals surface area contributed by atoms with Gasteiger partial charge < -0.3 is 15.9 Å². The molecule has 0 spiro atoms. The maximum atomic E-state index is 13.1. The number of allylic oxidation sites excluding steroid dienone is 2. The molecular formula is C21H26F3NO2S. The molecule has 0 atom stereocenters. The van der Waals surface area contributed by atoms with Gasteiger partial charge >= 0.3 is 6.18 Å². The lowest BCUT2D eigenvalue weighted by molar-refractivity contribution is -0.137. The summed E-state index contributed by atoms with van der Waals surface area (Å²) in [5, 5.41) is 19.9. The van der Waals surface area contributed by atoms with Crippen LogP contribution in [-0.2, 0) is 12.7 Å². The number of nitrogens with two attached hydrogens (primary N) is 1. The molecule has 0 heterocycles. The molecule has 0 saturated heterocycles. The minimum Gasteiger partial charge on any atom is -0.512 e. The molecule has 2 rings (SSSR count). The van der Waals surface area contributed by atoms with Crippen LogP contribution in [0.15, 0.2) is 47.4 Å². The molecule has 0 aromatic heterocycles. The van der Waals surface area contributed by atoms with E-state index in [4.69, 9.17) is 5.73 Å². The maximum absolute atomic E-state index is 13.1. The van der Waals surface area contributed by atoms with Crippen LogP contribution in [0, 0.1) is 5.41 Å². The van der Waals surface area contributed by atoms with Crippen LogP contribution < -0.4 is 5.73 Å². The first-order valence-corrected chi connectivity index (χ1v) is 10.2. The van der Waals surface area contributed by atoms with E-state index in [0.29, 0.717) is 34.3 Å². The second kappa shape index (κ2) is 8.66. The highest BCUT2D eigenvalue weighted by molar-refractivity contribution is 8.07. The van der Waals surface area contributed by atoms with Crippen LogP contribution >= 0.6 is 11.8 Å². The van der Waals surface area contributed by atoms with Crippen LogP contribution in [-0.4, -0.2) is 16.5 Å². The van der Waals surface area contributed by atoms with E-state index in [1.54, 1.807) is 6.26 Å². The summed E-state index contributed by atoms with van der Waals surface area (Å²) in [5.41, 5.74) is 7.16. The van der Waals surface area contributed by atoms with Crippen LogP contribution in [0.2, 0.25) is 0 Å². The first-order valence-electron chi connectivity index (χ1n) is 8.96. The van der Waals surface area contributed by atoms with Crippen molar-refractivity contribution in [3.63, 3.8) is 0 Å². The van der Waals surface area contributed by atoms with Crippen molar-refractivity contribution in [2.45, 2.75) is 45.8 Å². The molecule has 1 aromatic carbocycles. The third-order valence-electron chi connectivity index (χ3n) is 4.91. The van der Waals surface area contributed by atoms with E-state index in [0.717, 1.165) is 30.5 Å². The van der Waals surface area contributed by atoms with Crippen LogP contribution in [0.25, 0.3) is 4.91 Å². The predicted molar refractivity (Wildman–Crippen MR) is 109 cm³/mol. The Hall–Kier alpha value is -1.86. The van der Waals surface area contributed by atoms with Gasteiger partial charge in [-0.05, 0) is 59.8 Å². The molecule has 0 bridgehead atoms. The standard InChI is InChI=1S/C21H26F3NO2S/c1-20(2)8-4-5-13(10-20)18(17(27)12-26)19(28-3)16-7-6-15(21(22,23)24)9-14(16)11-25/h5-7,9,12,26-27H,4,8,10-11,25H2,1-3H3/b17-12+,19-18+. The van der Waals surface area contributed by atoms with Crippen molar-refractivity contribution in [1.82, 2.24) is 0 Å². The molecule has 0 fully saturated rings. The lowest BCUT2D eigenvalue weighted by atomic mass is 9.75. The summed E-state index contributed by atoms with van der Waals surface area (Å²) in [6.45, 7) is 4.17. The number of benzene rings is 1. The second-order valence-electron chi connectivity index (χ2n) is 7.61. The van der Waals surface area contributed by atoms with E-state index in [1.807, 2.05) is 6.08 Å². The van der Waals surface area contributed by atoms with Crippen LogP contribution in [0.1, 0.15) is 49.8 Å². The number of rotatable bonds is 5. The Kier molecular flexibility index (Phi) is 6.93. The molecule has 0 saturated carbocycles. The van der Waals surface area contributed by atoms with Crippen molar-refractivity contribution in [3.05, 3.63) is 64.1 Å². The highest BCUT2D eigenvalue weighted by atomic mass is 32.2. The van der Waals surface area contributed by atoms with E-state index < -0.39 is 11.7 Å². The molecule has 0 unspecified atom stereocenters. The Morgan fingerprint density at radius 1 is 1.32 bits per heavy atom. The van der Waals surface area contributed by atoms with Gasteiger partial charge in [0.1, 0.15) is 6.26 Å². The summed E-state index contributed by atoms with van der Waals surface area (Å²) in [7, 11) is 0. The summed E-state index contributed by atoms with van der Waals surface area (Å²) in [4.78, 5) is 0.584. The Morgan fingerprint density at radius 3 is 2.50 bits per heavy atom. The SMILES string of the molecule is CS/C(=C(C1=CCCC(C)(C)C1)/C(O)=C\O)c1ccc(C(F)(F)F)cc1CN. The number of aliphatic hydroxyl groups excluding tert-OH is 2. The number of alkyl halides is 3. The molecule has 0 amide bonds. The number of hydrogen-bond donors (Lipinski definition) is 3. The number of hydrogen-bond acceptors (Lipinski definition) is 4. The topological polar surface area (TPSA) is 66.5 Å². The normalized spacial score (nSPS) is 18.5. The van der Waals surface area contributed by atoms with Crippen LogP contribution in [0.3, 0.4) is 0 Å². The van der Waals surface area contributed by atoms with Crippen molar-refractivity contribution in [3.8, 4) is 0 Å². The molecule has 1 aliphatic rings. The van der Waals surface area contributed by atoms with E-state index >= 15 is 0 Å². The zero-order chi connectivity index (χ0) is 21.1. The third kappa shape index (κ3) is 4.94. The average molecular weight is 414 g/mol. The predicted octanol–water partition coefficient (Wildman–Crippen LogP) is 6.33. The molecule has 1 aliphatic carbocycles. The van der Waals surface area contributed by atoms with Gasteiger partial charge in [-0.15, -0.1) is 11.8 Å². The smallest absolute Gasteiger partial charge is 0.416 e.